The number of unbranched alkanes of at least 4 members (excludes halogenated alkanes) is 8. The lowest BCUT2D eigenvalue weighted by Crippen LogP contribution is -2.12. The fourth-order valence-corrected chi connectivity index (χ4v) is 3.23. The van der Waals surface area contributed by atoms with E-state index in [2.05, 4.69) is 31.2 Å². The van der Waals surface area contributed by atoms with Gasteiger partial charge in [-0.2, -0.15) is 0 Å². The minimum atomic E-state index is 0.990. The molecule has 0 unspecified atom stereocenters. The summed E-state index contributed by atoms with van der Waals surface area (Å²) in [5.74, 6) is 0. The lowest BCUT2D eigenvalue weighted by molar-refractivity contribution is 0.568. The van der Waals surface area contributed by atoms with Crippen LogP contribution in [0.4, 0.5) is 0 Å². The van der Waals surface area contributed by atoms with E-state index in [0.717, 1.165) is 13.0 Å². The summed E-state index contributed by atoms with van der Waals surface area (Å²) in [5, 5.41) is 0. The molecular formula is C20H31N. The molecule has 1 heteroatoms. The van der Waals surface area contributed by atoms with Crippen LogP contribution in [0.25, 0.3) is 0 Å². The summed E-state index contributed by atoms with van der Waals surface area (Å²) in [6, 6.07) is 8.82. The van der Waals surface area contributed by atoms with Crippen LogP contribution in [0.3, 0.4) is 0 Å². The van der Waals surface area contributed by atoms with Crippen molar-refractivity contribution in [2.45, 2.75) is 77.6 Å². The Bertz CT molecular complexity index is 433. The zero-order valence-electron chi connectivity index (χ0n) is 13.7. The van der Waals surface area contributed by atoms with Gasteiger partial charge in [-0.15, -0.1) is 0 Å². The van der Waals surface area contributed by atoms with Crippen LogP contribution in [0.5, 0.6) is 0 Å². The second-order valence-corrected chi connectivity index (χ2v) is 6.31. The highest BCUT2D eigenvalue weighted by Gasteiger charge is 2.12. The van der Waals surface area contributed by atoms with Crippen molar-refractivity contribution < 1.29 is 0 Å². The molecule has 0 saturated heterocycles. The van der Waals surface area contributed by atoms with E-state index in [-0.39, 0.29) is 0 Å². The molecular weight excluding hydrogens is 254 g/mol. The van der Waals surface area contributed by atoms with Crippen LogP contribution in [0.15, 0.2) is 29.3 Å². The fraction of sp³-hybridized carbons (Fsp3) is 0.650. The van der Waals surface area contributed by atoms with Crippen molar-refractivity contribution in [3.63, 3.8) is 0 Å². The van der Waals surface area contributed by atoms with E-state index in [1.54, 1.807) is 0 Å². The van der Waals surface area contributed by atoms with Crippen LogP contribution in [0.1, 0.15) is 82.3 Å². The molecule has 0 bridgehead atoms. The number of hydrogen-bond donors (Lipinski definition) is 0. The highest BCUT2D eigenvalue weighted by Crippen LogP contribution is 2.19. The van der Waals surface area contributed by atoms with Crippen molar-refractivity contribution >= 4 is 5.71 Å². The van der Waals surface area contributed by atoms with Gasteiger partial charge in [-0.3, -0.25) is 4.99 Å². The lowest BCUT2D eigenvalue weighted by Gasteiger charge is -2.16. The maximum atomic E-state index is 4.76. The zero-order chi connectivity index (χ0) is 14.8. The van der Waals surface area contributed by atoms with Crippen molar-refractivity contribution in [2.75, 3.05) is 6.54 Å². The van der Waals surface area contributed by atoms with Gasteiger partial charge in [0.1, 0.15) is 0 Å². The average Bonchev–Trinajstić information content (AvgIpc) is 2.53. The molecule has 0 aliphatic carbocycles. The number of benzene rings is 1. The minimum absolute atomic E-state index is 0.990. The van der Waals surface area contributed by atoms with Gasteiger partial charge in [-0.1, -0.05) is 82.6 Å². The summed E-state index contributed by atoms with van der Waals surface area (Å²) >= 11 is 0. The van der Waals surface area contributed by atoms with Crippen molar-refractivity contribution in [1.29, 1.82) is 0 Å². The van der Waals surface area contributed by atoms with Crippen LogP contribution in [0.2, 0.25) is 0 Å². The van der Waals surface area contributed by atoms with Gasteiger partial charge in [0, 0.05) is 12.3 Å². The van der Waals surface area contributed by atoms with Gasteiger partial charge in [0.05, 0.1) is 0 Å². The summed E-state index contributed by atoms with van der Waals surface area (Å²) in [6.45, 7) is 3.27. The predicted octanol–water partition coefficient (Wildman–Crippen LogP) is 5.95. The molecule has 21 heavy (non-hydrogen) atoms. The van der Waals surface area contributed by atoms with Gasteiger partial charge >= 0.3 is 0 Å². The highest BCUT2D eigenvalue weighted by molar-refractivity contribution is 6.02. The summed E-state index contributed by atoms with van der Waals surface area (Å²) < 4.78 is 0. The van der Waals surface area contributed by atoms with E-state index < -0.39 is 0 Å². The van der Waals surface area contributed by atoms with Gasteiger partial charge in [0.25, 0.3) is 0 Å². The molecule has 2 rings (SSSR count). The summed E-state index contributed by atoms with van der Waals surface area (Å²) in [7, 11) is 0. The van der Waals surface area contributed by atoms with Crippen LogP contribution < -0.4 is 0 Å². The van der Waals surface area contributed by atoms with Gasteiger partial charge in [-0.25, -0.2) is 0 Å². The standard InChI is InChI=1S/C20H31N/c1-2-3-4-5-6-7-8-9-10-15-20-19-14-12-11-13-18(19)16-17-21-20/h11-14H,2-10,15-17H2,1H3. The average molecular weight is 285 g/mol. The molecule has 0 N–H and O–H groups in total. The van der Waals surface area contributed by atoms with E-state index in [0.29, 0.717) is 0 Å². The Morgan fingerprint density at radius 2 is 1.52 bits per heavy atom. The molecule has 0 spiro atoms. The monoisotopic (exact) mass is 285 g/mol. The molecule has 0 atom stereocenters. The Balaban J connectivity index is 1.58. The Kier molecular flexibility index (Phi) is 7.56. The Labute approximate surface area is 130 Å². The van der Waals surface area contributed by atoms with Crippen LogP contribution >= 0.6 is 0 Å². The molecule has 0 aromatic heterocycles. The smallest absolute Gasteiger partial charge is 0.0433 e. The first-order valence-corrected chi connectivity index (χ1v) is 9.03. The van der Waals surface area contributed by atoms with E-state index in [4.69, 9.17) is 4.99 Å². The largest absolute Gasteiger partial charge is 0.289 e. The normalized spacial score (nSPS) is 13.9. The molecule has 1 aromatic carbocycles. The number of rotatable bonds is 10. The quantitative estimate of drug-likeness (QED) is 0.471. The van der Waals surface area contributed by atoms with E-state index >= 15 is 0 Å². The molecule has 0 amide bonds. The molecule has 1 aliphatic heterocycles. The van der Waals surface area contributed by atoms with Crippen molar-refractivity contribution in [3.8, 4) is 0 Å². The molecule has 1 aliphatic rings. The molecule has 1 heterocycles. The van der Waals surface area contributed by atoms with Crippen molar-refractivity contribution in [2.24, 2.45) is 4.99 Å². The molecule has 116 valence electrons. The zero-order valence-corrected chi connectivity index (χ0v) is 13.7. The van der Waals surface area contributed by atoms with Crippen molar-refractivity contribution in [1.82, 2.24) is 0 Å². The maximum absolute atomic E-state index is 4.76. The number of hydrogen-bond acceptors (Lipinski definition) is 1. The first-order chi connectivity index (χ1) is 10.4. The molecule has 0 saturated carbocycles. The third-order valence-corrected chi connectivity index (χ3v) is 4.53. The Morgan fingerprint density at radius 1 is 0.857 bits per heavy atom. The Morgan fingerprint density at radius 3 is 2.29 bits per heavy atom. The van der Waals surface area contributed by atoms with Crippen LogP contribution in [-0.4, -0.2) is 12.3 Å². The lowest BCUT2D eigenvalue weighted by atomic mass is 9.94. The molecule has 0 fully saturated rings. The van der Waals surface area contributed by atoms with Gasteiger partial charge in [0.15, 0.2) is 0 Å². The summed E-state index contributed by atoms with van der Waals surface area (Å²) in [5.41, 5.74) is 4.28. The topological polar surface area (TPSA) is 12.4 Å². The predicted molar refractivity (Wildman–Crippen MR) is 93.4 cm³/mol. The SMILES string of the molecule is CCCCCCCCCCCC1=NCCc2ccccc21. The van der Waals surface area contributed by atoms with Gasteiger partial charge < -0.3 is 0 Å². The van der Waals surface area contributed by atoms with E-state index in [1.165, 1.54) is 81.0 Å². The number of fused-ring (bicyclic) bond motifs is 1. The molecule has 1 nitrogen and oxygen atoms in total. The fourth-order valence-electron chi connectivity index (χ4n) is 3.23. The first kappa shape index (κ1) is 16.3. The van der Waals surface area contributed by atoms with Crippen LogP contribution in [0, 0.1) is 0 Å². The van der Waals surface area contributed by atoms with Gasteiger partial charge in [-0.05, 0) is 30.4 Å². The Hall–Kier alpha value is -1.11. The second-order valence-electron chi connectivity index (χ2n) is 6.31. The third kappa shape index (κ3) is 5.65. The van der Waals surface area contributed by atoms with Gasteiger partial charge in [0.2, 0.25) is 0 Å². The first-order valence-electron chi connectivity index (χ1n) is 9.03. The van der Waals surface area contributed by atoms with E-state index in [1.807, 2.05) is 0 Å². The maximum Gasteiger partial charge on any atom is 0.0433 e. The minimum Gasteiger partial charge on any atom is -0.289 e. The van der Waals surface area contributed by atoms with E-state index in [9.17, 15) is 0 Å². The summed E-state index contributed by atoms with van der Waals surface area (Å²) in [4.78, 5) is 4.76. The number of nitrogens with zero attached hydrogens (tertiary/aromatic N) is 1. The molecule has 0 radical (unpaired) electrons. The van der Waals surface area contributed by atoms with Crippen LogP contribution in [-0.2, 0) is 6.42 Å². The van der Waals surface area contributed by atoms with Crippen molar-refractivity contribution in [3.05, 3.63) is 35.4 Å². The number of aliphatic imine (C=N–C) groups is 1. The summed E-state index contributed by atoms with van der Waals surface area (Å²) in [6.07, 6.45) is 14.9. The highest BCUT2D eigenvalue weighted by atomic mass is 14.7. The molecule has 1 aromatic rings. The third-order valence-electron chi connectivity index (χ3n) is 4.53. The second kappa shape index (κ2) is 9.76.